The van der Waals surface area contributed by atoms with Gasteiger partial charge in [-0.15, -0.1) is 22.7 Å². The number of thiazole rings is 1. The van der Waals surface area contributed by atoms with Crippen molar-refractivity contribution in [1.82, 2.24) is 4.98 Å². The van der Waals surface area contributed by atoms with E-state index in [1.54, 1.807) is 11.3 Å². The fourth-order valence-corrected chi connectivity index (χ4v) is 4.28. The molecule has 0 saturated heterocycles. The summed E-state index contributed by atoms with van der Waals surface area (Å²) in [5, 5.41) is 3.28. The van der Waals surface area contributed by atoms with Gasteiger partial charge in [0.15, 0.2) is 0 Å². The van der Waals surface area contributed by atoms with Gasteiger partial charge in [0, 0.05) is 17.3 Å². The molecule has 0 aliphatic rings. The molecule has 0 spiro atoms. The topological polar surface area (TPSA) is 38.9 Å². The molecule has 92 valence electrons. The molecule has 0 aliphatic carbocycles. The van der Waals surface area contributed by atoms with Crippen LogP contribution in [0.25, 0.3) is 9.88 Å². The molecular formula is C13H18N2S2. The van der Waals surface area contributed by atoms with E-state index < -0.39 is 0 Å². The zero-order valence-corrected chi connectivity index (χ0v) is 12.1. The summed E-state index contributed by atoms with van der Waals surface area (Å²) >= 11 is 3.58. The Kier molecular flexibility index (Phi) is 3.97. The van der Waals surface area contributed by atoms with Crippen LogP contribution in [0.4, 0.5) is 0 Å². The van der Waals surface area contributed by atoms with E-state index in [2.05, 4.69) is 32.2 Å². The number of aromatic nitrogens is 1. The smallest absolute Gasteiger partial charge is 0.134 e. The lowest BCUT2D eigenvalue weighted by molar-refractivity contribution is 0.680. The quantitative estimate of drug-likeness (QED) is 0.910. The molecule has 0 aliphatic heterocycles. The second-order valence-corrected chi connectivity index (χ2v) is 6.19. The van der Waals surface area contributed by atoms with E-state index in [4.69, 9.17) is 10.7 Å². The second-order valence-electron chi connectivity index (χ2n) is 4.24. The minimum Gasteiger partial charge on any atom is -0.330 e. The first-order valence-corrected chi connectivity index (χ1v) is 7.58. The standard InChI is InChI=1S/C13H18N2S2/c1-4-10(7-14)12-9(3)15-13(17-12)11-8(2)5-6-16-11/h5-6,10H,4,7,14H2,1-3H3. The first-order valence-electron chi connectivity index (χ1n) is 5.89. The van der Waals surface area contributed by atoms with Crippen LogP contribution in [0.15, 0.2) is 11.4 Å². The number of nitrogens with two attached hydrogens (primary N) is 1. The summed E-state index contributed by atoms with van der Waals surface area (Å²) in [7, 11) is 0. The summed E-state index contributed by atoms with van der Waals surface area (Å²) < 4.78 is 0. The summed E-state index contributed by atoms with van der Waals surface area (Å²) in [6.45, 7) is 7.13. The Balaban J connectivity index is 2.40. The van der Waals surface area contributed by atoms with Crippen molar-refractivity contribution in [1.29, 1.82) is 0 Å². The maximum atomic E-state index is 5.82. The highest BCUT2D eigenvalue weighted by Crippen LogP contribution is 2.37. The molecule has 0 aromatic carbocycles. The third kappa shape index (κ3) is 2.44. The molecule has 17 heavy (non-hydrogen) atoms. The van der Waals surface area contributed by atoms with E-state index in [0.29, 0.717) is 12.5 Å². The Hall–Kier alpha value is -0.710. The molecule has 4 heteroatoms. The fraction of sp³-hybridized carbons (Fsp3) is 0.462. The van der Waals surface area contributed by atoms with Crippen LogP contribution >= 0.6 is 22.7 Å². The van der Waals surface area contributed by atoms with Gasteiger partial charge in [0.2, 0.25) is 0 Å². The third-order valence-electron chi connectivity index (χ3n) is 3.04. The van der Waals surface area contributed by atoms with Gasteiger partial charge in [-0.25, -0.2) is 4.98 Å². The molecule has 0 amide bonds. The number of hydrogen-bond acceptors (Lipinski definition) is 4. The summed E-state index contributed by atoms with van der Waals surface area (Å²) in [4.78, 5) is 7.37. The van der Waals surface area contributed by atoms with Gasteiger partial charge in [0.1, 0.15) is 5.01 Å². The van der Waals surface area contributed by atoms with Crippen molar-refractivity contribution in [3.8, 4) is 9.88 Å². The second kappa shape index (κ2) is 5.29. The van der Waals surface area contributed by atoms with Crippen LogP contribution in [-0.4, -0.2) is 11.5 Å². The monoisotopic (exact) mass is 266 g/mol. The van der Waals surface area contributed by atoms with Gasteiger partial charge in [-0.2, -0.15) is 0 Å². The fourth-order valence-electron chi connectivity index (χ4n) is 1.94. The van der Waals surface area contributed by atoms with Crippen LogP contribution in [0.3, 0.4) is 0 Å². The Bertz CT molecular complexity index is 495. The molecule has 0 radical (unpaired) electrons. The minimum atomic E-state index is 0.460. The number of aryl methyl sites for hydroxylation is 2. The average Bonchev–Trinajstić information content (AvgIpc) is 2.88. The summed E-state index contributed by atoms with van der Waals surface area (Å²) in [5.41, 5.74) is 8.29. The molecule has 1 unspecified atom stereocenters. The zero-order valence-electron chi connectivity index (χ0n) is 10.5. The number of rotatable bonds is 4. The molecule has 2 rings (SSSR count). The van der Waals surface area contributed by atoms with Crippen molar-refractivity contribution >= 4 is 22.7 Å². The number of hydrogen-bond donors (Lipinski definition) is 1. The highest BCUT2D eigenvalue weighted by atomic mass is 32.1. The molecular weight excluding hydrogens is 248 g/mol. The molecule has 2 aromatic heterocycles. The van der Waals surface area contributed by atoms with Crippen LogP contribution in [0.1, 0.15) is 35.4 Å². The molecule has 2 heterocycles. The Morgan fingerprint density at radius 3 is 2.71 bits per heavy atom. The van der Waals surface area contributed by atoms with Crippen LogP contribution < -0.4 is 5.73 Å². The minimum absolute atomic E-state index is 0.460. The lowest BCUT2D eigenvalue weighted by atomic mass is 10.0. The SMILES string of the molecule is CCC(CN)c1sc(-c2sccc2C)nc1C. The third-order valence-corrected chi connectivity index (χ3v) is 5.53. The largest absolute Gasteiger partial charge is 0.330 e. The van der Waals surface area contributed by atoms with E-state index in [1.807, 2.05) is 11.3 Å². The van der Waals surface area contributed by atoms with Crippen molar-refractivity contribution in [3.05, 3.63) is 27.6 Å². The van der Waals surface area contributed by atoms with E-state index in [1.165, 1.54) is 15.3 Å². The first-order chi connectivity index (χ1) is 8.17. The van der Waals surface area contributed by atoms with E-state index in [9.17, 15) is 0 Å². The van der Waals surface area contributed by atoms with E-state index in [-0.39, 0.29) is 0 Å². The summed E-state index contributed by atoms with van der Waals surface area (Å²) in [6.07, 6.45) is 1.09. The van der Waals surface area contributed by atoms with Crippen LogP contribution in [-0.2, 0) is 0 Å². The van der Waals surface area contributed by atoms with Crippen molar-refractivity contribution in [2.45, 2.75) is 33.1 Å². The van der Waals surface area contributed by atoms with Crippen LogP contribution in [0.2, 0.25) is 0 Å². The summed E-state index contributed by atoms with van der Waals surface area (Å²) in [5.74, 6) is 0.460. The normalized spacial score (nSPS) is 12.9. The predicted molar refractivity (Wildman–Crippen MR) is 77.0 cm³/mol. The van der Waals surface area contributed by atoms with Gasteiger partial charge < -0.3 is 5.73 Å². The number of nitrogens with zero attached hydrogens (tertiary/aromatic N) is 1. The first kappa shape index (κ1) is 12.7. The van der Waals surface area contributed by atoms with Gasteiger partial charge in [-0.3, -0.25) is 0 Å². The zero-order chi connectivity index (χ0) is 12.4. The van der Waals surface area contributed by atoms with E-state index in [0.717, 1.165) is 17.1 Å². The predicted octanol–water partition coefficient (Wildman–Crippen LogP) is 3.94. The molecule has 0 fully saturated rings. The van der Waals surface area contributed by atoms with Crippen molar-refractivity contribution in [2.24, 2.45) is 5.73 Å². The van der Waals surface area contributed by atoms with Crippen molar-refractivity contribution in [3.63, 3.8) is 0 Å². The maximum Gasteiger partial charge on any atom is 0.134 e. The van der Waals surface area contributed by atoms with Gasteiger partial charge in [-0.1, -0.05) is 6.92 Å². The molecule has 0 saturated carbocycles. The Morgan fingerprint density at radius 1 is 1.41 bits per heavy atom. The van der Waals surface area contributed by atoms with E-state index >= 15 is 0 Å². The van der Waals surface area contributed by atoms with Crippen molar-refractivity contribution < 1.29 is 0 Å². The summed E-state index contributed by atoms with van der Waals surface area (Å²) in [6, 6.07) is 2.15. The van der Waals surface area contributed by atoms with Crippen molar-refractivity contribution in [2.75, 3.05) is 6.54 Å². The van der Waals surface area contributed by atoms with Crippen LogP contribution in [0.5, 0.6) is 0 Å². The van der Waals surface area contributed by atoms with Gasteiger partial charge in [0.05, 0.1) is 10.6 Å². The molecule has 1 atom stereocenters. The lowest BCUT2D eigenvalue weighted by Gasteiger charge is -2.09. The van der Waals surface area contributed by atoms with Gasteiger partial charge >= 0.3 is 0 Å². The average molecular weight is 266 g/mol. The number of thiophene rings is 1. The lowest BCUT2D eigenvalue weighted by Crippen LogP contribution is -2.11. The molecule has 2 nitrogen and oxygen atoms in total. The Morgan fingerprint density at radius 2 is 2.18 bits per heavy atom. The molecule has 2 N–H and O–H groups in total. The molecule has 2 aromatic rings. The van der Waals surface area contributed by atoms with Gasteiger partial charge in [-0.05, 0) is 37.3 Å². The highest BCUT2D eigenvalue weighted by Gasteiger charge is 2.17. The Labute approximate surface area is 111 Å². The highest BCUT2D eigenvalue weighted by molar-refractivity contribution is 7.21. The molecule has 0 bridgehead atoms. The van der Waals surface area contributed by atoms with Gasteiger partial charge in [0.25, 0.3) is 0 Å². The van der Waals surface area contributed by atoms with Crippen LogP contribution in [0, 0.1) is 13.8 Å². The maximum absolute atomic E-state index is 5.82.